The van der Waals surface area contributed by atoms with Gasteiger partial charge in [-0.25, -0.2) is 4.57 Å². The lowest BCUT2D eigenvalue weighted by Crippen LogP contribution is -2.29. The Morgan fingerprint density at radius 3 is 1.64 bits per heavy atom. The molecule has 1 unspecified atom stereocenters. The van der Waals surface area contributed by atoms with Gasteiger partial charge in [-0.15, -0.1) is 0 Å². The van der Waals surface area contributed by atoms with Gasteiger partial charge in [-0.05, 0) is 51.4 Å². The number of carbonyl (C=O) groups excluding carboxylic acids is 2. The summed E-state index contributed by atoms with van der Waals surface area (Å²) in [5.74, 6) is -0.913. The molecule has 2 N–H and O–H groups in total. The molecule has 0 aliphatic carbocycles. The number of ether oxygens (including phenoxy) is 2. The van der Waals surface area contributed by atoms with E-state index in [-0.39, 0.29) is 19.4 Å². The van der Waals surface area contributed by atoms with E-state index >= 15 is 0 Å². The average molecular weight is 641 g/mol. The highest BCUT2D eigenvalue weighted by Gasteiger charge is 2.22. The molecule has 0 aromatic rings. The summed E-state index contributed by atoms with van der Waals surface area (Å²) in [6.45, 7) is 3.43. The van der Waals surface area contributed by atoms with Crippen molar-refractivity contribution in [2.24, 2.45) is 0 Å². The highest BCUT2D eigenvalue weighted by molar-refractivity contribution is 7.46. The second kappa shape index (κ2) is 31.0. The first-order valence-corrected chi connectivity index (χ1v) is 18.5. The third-order valence-electron chi connectivity index (χ3n) is 6.86. The van der Waals surface area contributed by atoms with Crippen LogP contribution in [0.2, 0.25) is 0 Å². The zero-order chi connectivity index (χ0) is 32.6. The fourth-order valence-corrected chi connectivity index (χ4v) is 4.72. The van der Waals surface area contributed by atoms with Crippen LogP contribution in [0.4, 0.5) is 0 Å². The first kappa shape index (κ1) is 42.0. The number of hydrogen-bond donors (Lipinski definition) is 2. The summed E-state index contributed by atoms with van der Waals surface area (Å²) >= 11 is 0. The Hall–Kier alpha value is -1.99. The lowest BCUT2D eigenvalue weighted by Gasteiger charge is -2.18. The molecule has 0 saturated heterocycles. The van der Waals surface area contributed by atoms with Crippen molar-refractivity contribution in [2.75, 3.05) is 13.2 Å². The fraction of sp³-hybridized carbons (Fsp3) is 0.714. The number of phosphoric ester groups is 1. The van der Waals surface area contributed by atoms with Gasteiger partial charge in [-0.2, -0.15) is 0 Å². The summed E-state index contributed by atoms with van der Waals surface area (Å²) in [6.07, 6.45) is 35.9. The molecule has 44 heavy (non-hydrogen) atoms. The number of carbonyl (C=O) groups is 2. The lowest BCUT2D eigenvalue weighted by molar-refractivity contribution is -0.161. The average Bonchev–Trinajstić information content (AvgIpc) is 2.98. The van der Waals surface area contributed by atoms with E-state index in [1.807, 2.05) is 0 Å². The van der Waals surface area contributed by atoms with E-state index in [1.165, 1.54) is 25.7 Å². The molecule has 8 nitrogen and oxygen atoms in total. The van der Waals surface area contributed by atoms with Gasteiger partial charge >= 0.3 is 19.8 Å². The fourth-order valence-electron chi connectivity index (χ4n) is 4.36. The number of unbranched alkanes of at least 4 members (excludes halogenated alkanes) is 12. The van der Waals surface area contributed by atoms with E-state index < -0.39 is 32.5 Å². The minimum atomic E-state index is -4.74. The Kier molecular flexibility index (Phi) is 29.6. The Balaban J connectivity index is 3.89. The van der Waals surface area contributed by atoms with Crippen LogP contribution < -0.4 is 0 Å². The van der Waals surface area contributed by atoms with E-state index in [0.717, 1.165) is 77.0 Å². The van der Waals surface area contributed by atoms with Gasteiger partial charge in [-0.3, -0.25) is 14.1 Å². The van der Waals surface area contributed by atoms with E-state index in [4.69, 9.17) is 19.3 Å². The van der Waals surface area contributed by atoms with Crippen LogP contribution in [0.5, 0.6) is 0 Å². The highest BCUT2D eigenvalue weighted by Crippen LogP contribution is 2.35. The van der Waals surface area contributed by atoms with Gasteiger partial charge in [0.2, 0.25) is 0 Å². The predicted octanol–water partition coefficient (Wildman–Crippen LogP) is 9.62. The molecule has 9 heteroatoms. The van der Waals surface area contributed by atoms with Crippen molar-refractivity contribution < 1.29 is 37.9 Å². The Labute approximate surface area is 267 Å². The number of hydrogen-bond acceptors (Lipinski definition) is 6. The Morgan fingerprint density at radius 1 is 0.614 bits per heavy atom. The van der Waals surface area contributed by atoms with Gasteiger partial charge in [0.25, 0.3) is 0 Å². The summed E-state index contributed by atoms with van der Waals surface area (Å²) < 4.78 is 26.0. The second-order valence-corrected chi connectivity index (χ2v) is 12.4. The minimum Gasteiger partial charge on any atom is -0.462 e. The quantitative estimate of drug-likeness (QED) is 0.0345. The van der Waals surface area contributed by atoms with E-state index in [1.54, 1.807) is 0 Å². The predicted molar refractivity (Wildman–Crippen MR) is 179 cm³/mol. The van der Waals surface area contributed by atoms with Gasteiger partial charge in [0, 0.05) is 12.8 Å². The number of esters is 2. The Bertz CT molecular complexity index is 859. The maximum Gasteiger partial charge on any atom is 0.469 e. The smallest absolute Gasteiger partial charge is 0.462 e. The maximum atomic E-state index is 12.3. The molecule has 0 aromatic carbocycles. The van der Waals surface area contributed by atoms with Gasteiger partial charge in [0.1, 0.15) is 6.61 Å². The van der Waals surface area contributed by atoms with Crippen LogP contribution >= 0.6 is 7.82 Å². The van der Waals surface area contributed by atoms with E-state index in [2.05, 4.69) is 67.0 Å². The van der Waals surface area contributed by atoms with Crippen LogP contribution in [0, 0.1) is 0 Å². The normalized spacial score (nSPS) is 13.1. The minimum absolute atomic E-state index is 0.201. The van der Waals surface area contributed by atoms with Crippen molar-refractivity contribution in [1.29, 1.82) is 0 Å². The van der Waals surface area contributed by atoms with E-state index in [0.29, 0.717) is 12.8 Å². The molecular formula is C35H61O8P. The van der Waals surface area contributed by atoms with Crippen LogP contribution in [0.1, 0.15) is 142 Å². The third kappa shape index (κ3) is 32.9. The molecule has 0 saturated carbocycles. The summed E-state index contributed by atoms with van der Waals surface area (Å²) in [5.41, 5.74) is 0. The molecule has 0 aromatic heterocycles. The lowest BCUT2D eigenvalue weighted by atomic mass is 10.1. The van der Waals surface area contributed by atoms with Crippen LogP contribution in [0.25, 0.3) is 0 Å². The van der Waals surface area contributed by atoms with Crippen molar-refractivity contribution >= 4 is 19.8 Å². The summed E-state index contributed by atoms with van der Waals surface area (Å²) in [7, 11) is -4.74. The highest BCUT2D eigenvalue weighted by atomic mass is 31.2. The van der Waals surface area contributed by atoms with Gasteiger partial charge in [0.05, 0.1) is 6.61 Å². The molecule has 0 radical (unpaired) electrons. The summed E-state index contributed by atoms with van der Waals surface area (Å²) in [5, 5.41) is 0. The number of rotatable bonds is 30. The molecule has 0 aliphatic heterocycles. The van der Waals surface area contributed by atoms with Crippen molar-refractivity contribution in [3.63, 3.8) is 0 Å². The molecule has 0 spiro atoms. The van der Waals surface area contributed by atoms with Crippen LogP contribution in [0.3, 0.4) is 0 Å². The van der Waals surface area contributed by atoms with Gasteiger partial charge in [0.15, 0.2) is 6.10 Å². The topological polar surface area (TPSA) is 119 Å². The number of allylic oxidation sites excluding steroid dienone is 8. The molecule has 0 amide bonds. The molecular weight excluding hydrogens is 579 g/mol. The molecule has 0 bridgehead atoms. The summed E-state index contributed by atoms with van der Waals surface area (Å²) in [6, 6.07) is 0. The van der Waals surface area contributed by atoms with Crippen LogP contribution in [-0.2, 0) is 28.2 Å². The monoisotopic (exact) mass is 640 g/mol. The molecule has 0 aliphatic rings. The van der Waals surface area contributed by atoms with Crippen LogP contribution in [-0.4, -0.2) is 41.0 Å². The van der Waals surface area contributed by atoms with Crippen molar-refractivity contribution in [1.82, 2.24) is 0 Å². The Morgan fingerprint density at radius 2 is 1.09 bits per heavy atom. The van der Waals surface area contributed by atoms with Crippen LogP contribution in [0.15, 0.2) is 48.6 Å². The third-order valence-corrected chi connectivity index (χ3v) is 7.35. The first-order valence-electron chi connectivity index (χ1n) is 16.9. The molecule has 0 rings (SSSR count). The van der Waals surface area contributed by atoms with Crippen molar-refractivity contribution in [3.05, 3.63) is 48.6 Å². The number of phosphoric acid groups is 1. The van der Waals surface area contributed by atoms with Crippen molar-refractivity contribution in [3.8, 4) is 0 Å². The second-order valence-electron chi connectivity index (χ2n) is 11.1. The molecule has 0 fully saturated rings. The standard InChI is InChI=1S/C35H61O8P/c1-3-5-7-9-10-11-12-13-14-15-16-17-18-19-20-21-22-23-24-26-28-30-35(37)43-33(32-42-44(38,39)40)31-41-34(36)29-27-25-8-6-4-2/h5,7,10-11,13-14,16-17,33H,3-4,6,8-9,12,15,18-32H2,1-2H3,(H2,38,39,40)/b7-5-,11-10-,14-13-,17-16-. The zero-order valence-corrected chi connectivity index (χ0v) is 28.4. The van der Waals surface area contributed by atoms with Gasteiger partial charge < -0.3 is 19.3 Å². The first-order chi connectivity index (χ1) is 21.3. The summed E-state index contributed by atoms with van der Waals surface area (Å²) in [4.78, 5) is 42.2. The van der Waals surface area contributed by atoms with Crippen molar-refractivity contribution in [2.45, 2.75) is 148 Å². The zero-order valence-electron chi connectivity index (χ0n) is 27.5. The largest absolute Gasteiger partial charge is 0.469 e. The molecule has 1 atom stereocenters. The maximum absolute atomic E-state index is 12.3. The SMILES string of the molecule is CC/C=C\C/C=C\C/C=C\C/C=C\CCCCCCCCCCC(=O)OC(COC(=O)CCCCCCC)COP(=O)(O)O. The molecule has 254 valence electrons. The van der Waals surface area contributed by atoms with Gasteiger partial charge in [-0.1, -0.05) is 127 Å². The van der Waals surface area contributed by atoms with E-state index in [9.17, 15) is 14.2 Å². The molecule has 0 heterocycles.